The van der Waals surface area contributed by atoms with Crippen molar-refractivity contribution in [2.24, 2.45) is 0 Å². The Hall–Kier alpha value is -2.02. The maximum Gasteiger partial charge on any atom is 0.259 e. The van der Waals surface area contributed by atoms with E-state index in [2.05, 4.69) is 20.5 Å². The first kappa shape index (κ1) is 14.9. The standard InChI is InChI=1S/C14H8Cl2N4OS/c15-9-3-4-10(11(16)6-9)12(21)18-14-20-19-13(22-14)8-2-1-5-17-7-8/h1-7H,(H,18,20,21). The lowest BCUT2D eigenvalue weighted by atomic mass is 10.2. The van der Waals surface area contributed by atoms with E-state index in [1.807, 2.05) is 12.1 Å². The quantitative estimate of drug-likeness (QED) is 0.769. The number of pyridine rings is 1. The van der Waals surface area contributed by atoms with Crippen molar-refractivity contribution in [3.8, 4) is 10.6 Å². The van der Waals surface area contributed by atoms with Crippen molar-refractivity contribution >= 4 is 45.6 Å². The molecule has 0 aliphatic heterocycles. The molecule has 0 saturated heterocycles. The summed E-state index contributed by atoms with van der Waals surface area (Å²) in [6.45, 7) is 0. The molecule has 0 aliphatic rings. The number of hydrogen-bond donors (Lipinski definition) is 1. The maximum atomic E-state index is 12.2. The first-order valence-corrected chi connectivity index (χ1v) is 7.71. The van der Waals surface area contributed by atoms with Crippen LogP contribution < -0.4 is 5.32 Å². The van der Waals surface area contributed by atoms with E-state index < -0.39 is 0 Å². The third-order valence-corrected chi connectivity index (χ3v) is 4.17. The second-order valence-electron chi connectivity index (χ2n) is 4.23. The minimum Gasteiger partial charge on any atom is -0.296 e. The molecule has 0 radical (unpaired) electrons. The molecule has 3 aromatic rings. The number of rotatable bonds is 3. The van der Waals surface area contributed by atoms with E-state index in [-0.39, 0.29) is 10.9 Å². The molecule has 1 aromatic carbocycles. The first-order valence-electron chi connectivity index (χ1n) is 6.14. The summed E-state index contributed by atoms with van der Waals surface area (Å²) in [5.74, 6) is -0.365. The maximum absolute atomic E-state index is 12.2. The Labute approximate surface area is 139 Å². The summed E-state index contributed by atoms with van der Waals surface area (Å²) in [6.07, 6.45) is 3.36. The molecule has 2 aromatic heterocycles. The smallest absolute Gasteiger partial charge is 0.259 e. The van der Waals surface area contributed by atoms with Crippen molar-refractivity contribution in [3.05, 3.63) is 58.3 Å². The fourth-order valence-corrected chi connectivity index (χ4v) is 2.94. The van der Waals surface area contributed by atoms with Crippen LogP contribution in [0.1, 0.15) is 10.4 Å². The van der Waals surface area contributed by atoms with Gasteiger partial charge in [0.1, 0.15) is 0 Å². The zero-order valence-corrected chi connectivity index (χ0v) is 13.3. The van der Waals surface area contributed by atoms with E-state index in [4.69, 9.17) is 23.2 Å². The number of halogens is 2. The SMILES string of the molecule is O=C(Nc1nnc(-c2cccnc2)s1)c1ccc(Cl)cc1Cl. The molecule has 22 heavy (non-hydrogen) atoms. The fourth-order valence-electron chi connectivity index (χ4n) is 1.72. The molecule has 0 bridgehead atoms. The second kappa shape index (κ2) is 6.39. The zero-order valence-electron chi connectivity index (χ0n) is 11.0. The first-order chi connectivity index (χ1) is 10.6. The molecule has 0 saturated carbocycles. The molecule has 2 heterocycles. The van der Waals surface area contributed by atoms with Gasteiger partial charge in [0.05, 0.1) is 10.6 Å². The molecule has 5 nitrogen and oxygen atoms in total. The number of nitrogens with zero attached hydrogens (tertiary/aromatic N) is 3. The predicted molar refractivity (Wildman–Crippen MR) is 87.6 cm³/mol. The molecule has 0 atom stereocenters. The number of carbonyl (C=O) groups is 1. The number of hydrogen-bond acceptors (Lipinski definition) is 5. The van der Waals surface area contributed by atoms with Crippen LogP contribution in [-0.4, -0.2) is 21.1 Å². The van der Waals surface area contributed by atoms with Crippen LogP contribution in [0.15, 0.2) is 42.7 Å². The summed E-state index contributed by atoms with van der Waals surface area (Å²) in [5.41, 5.74) is 1.16. The van der Waals surface area contributed by atoms with Crippen LogP contribution in [0.25, 0.3) is 10.6 Å². The summed E-state index contributed by atoms with van der Waals surface area (Å²) in [4.78, 5) is 16.2. The highest BCUT2D eigenvalue weighted by molar-refractivity contribution is 7.18. The number of anilines is 1. The van der Waals surface area contributed by atoms with Gasteiger partial charge in [-0.05, 0) is 30.3 Å². The summed E-state index contributed by atoms with van der Waals surface area (Å²) >= 11 is 13.1. The van der Waals surface area contributed by atoms with Gasteiger partial charge < -0.3 is 0 Å². The Morgan fingerprint density at radius 1 is 1.18 bits per heavy atom. The fraction of sp³-hybridized carbons (Fsp3) is 0. The van der Waals surface area contributed by atoms with Crippen LogP contribution >= 0.6 is 34.5 Å². The van der Waals surface area contributed by atoms with Gasteiger partial charge in [-0.15, -0.1) is 10.2 Å². The lowest BCUT2D eigenvalue weighted by Gasteiger charge is -2.03. The normalized spacial score (nSPS) is 10.5. The van der Waals surface area contributed by atoms with Gasteiger partial charge in [-0.2, -0.15) is 0 Å². The van der Waals surface area contributed by atoms with Crippen LogP contribution in [0.2, 0.25) is 10.0 Å². The molecule has 110 valence electrons. The Kier molecular flexibility index (Phi) is 4.33. The highest BCUT2D eigenvalue weighted by atomic mass is 35.5. The minimum atomic E-state index is -0.365. The van der Waals surface area contributed by atoms with Crippen LogP contribution in [0.5, 0.6) is 0 Å². The monoisotopic (exact) mass is 350 g/mol. The summed E-state index contributed by atoms with van der Waals surface area (Å²) in [6, 6.07) is 8.35. The lowest BCUT2D eigenvalue weighted by molar-refractivity contribution is 0.102. The molecular formula is C14H8Cl2N4OS. The van der Waals surface area contributed by atoms with Gasteiger partial charge >= 0.3 is 0 Å². The van der Waals surface area contributed by atoms with E-state index in [1.54, 1.807) is 24.5 Å². The molecule has 1 N–H and O–H groups in total. The molecule has 3 rings (SSSR count). The zero-order chi connectivity index (χ0) is 15.5. The van der Waals surface area contributed by atoms with E-state index in [1.165, 1.54) is 17.4 Å². The van der Waals surface area contributed by atoms with Gasteiger partial charge in [-0.1, -0.05) is 34.5 Å². The van der Waals surface area contributed by atoms with Gasteiger partial charge in [-0.25, -0.2) is 0 Å². The second-order valence-corrected chi connectivity index (χ2v) is 6.05. The van der Waals surface area contributed by atoms with Gasteiger partial charge in [0.15, 0.2) is 5.01 Å². The van der Waals surface area contributed by atoms with Crippen molar-refractivity contribution in [3.63, 3.8) is 0 Å². The number of amides is 1. The van der Waals surface area contributed by atoms with E-state index in [0.29, 0.717) is 20.7 Å². The highest BCUT2D eigenvalue weighted by Crippen LogP contribution is 2.27. The average molecular weight is 351 g/mol. The van der Waals surface area contributed by atoms with E-state index >= 15 is 0 Å². The largest absolute Gasteiger partial charge is 0.296 e. The highest BCUT2D eigenvalue weighted by Gasteiger charge is 2.14. The molecule has 0 unspecified atom stereocenters. The molecule has 8 heteroatoms. The number of carbonyl (C=O) groups excluding carboxylic acids is 1. The summed E-state index contributed by atoms with van der Waals surface area (Å²) in [5, 5.41) is 12.4. The van der Waals surface area contributed by atoms with Crippen molar-refractivity contribution in [2.45, 2.75) is 0 Å². The number of benzene rings is 1. The third-order valence-electron chi connectivity index (χ3n) is 2.73. The van der Waals surface area contributed by atoms with Crippen LogP contribution in [0.4, 0.5) is 5.13 Å². The van der Waals surface area contributed by atoms with Crippen molar-refractivity contribution in [1.82, 2.24) is 15.2 Å². The van der Waals surface area contributed by atoms with Gasteiger partial charge in [-0.3, -0.25) is 15.1 Å². The third kappa shape index (κ3) is 3.24. The molecular weight excluding hydrogens is 343 g/mol. The average Bonchev–Trinajstić information content (AvgIpc) is 2.96. The van der Waals surface area contributed by atoms with E-state index in [9.17, 15) is 4.79 Å². The molecule has 0 fully saturated rings. The summed E-state index contributed by atoms with van der Waals surface area (Å²) in [7, 11) is 0. The number of aromatic nitrogens is 3. The Morgan fingerprint density at radius 3 is 2.77 bits per heavy atom. The van der Waals surface area contributed by atoms with E-state index in [0.717, 1.165) is 5.56 Å². The molecule has 0 spiro atoms. The molecule has 0 aliphatic carbocycles. The Balaban J connectivity index is 1.79. The summed E-state index contributed by atoms with van der Waals surface area (Å²) < 4.78 is 0. The molecule has 1 amide bonds. The van der Waals surface area contributed by atoms with Crippen molar-refractivity contribution < 1.29 is 4.79 Å². The van der Waals surface area contributed by atoms with Crippen molar-refractivity contribution in [2.75, 3.05) is 5.32 Å². The number of nitrogens with one attached hydrogen (secondary N) is 1. The lowest BCUT2D eigenvalue weighted by Crippen LogP contribution is -2.12. The van der Waals surface area contributed by atoms with Crippen LogP contribution in [-0.2, 0) is 0 Å². The van der Waals surface area contributed by atoms with Gasteiger partial charge in [0.25, 0.3) is 5.91 Å². The Morgan fingerprint density at radius 2 is 2.05 bits per heavy atom. The minimum absolute atomic E-state index is 0.280. The van der Waals surface area contributed by atoms with Crippen LogP contribution in [0.3, 0.4) is 0 Å². The van der Waals surface area contributed by atoms with Crippen LogP contribution in [0, 0.1) is 0 Å². The topological polar surface area (TPSA) is 67.8 Å². The van der Waals surface area contributed by atoms with Gasteiger partial charge in [0.2, 0.25) is 5.13 Å². The van der Waals surface area contributed by atoms with Gasteiger partial charge in [0, 0.05) is 23.0 Å². The predicted octanol–water partition coefficient (Wildman–Crippen LogP) is 4.16. The Bertz CT molecular complexity index is 823. The van der Waals surface area contributed by atoms with Crippen molar-refractivity contribution in [1.29, 1.82) is 0 Å².